The molecule has 0 bridgehead atoms. The molecule has 1 saturated heterocycles. The number of benzene rings is 1. The van der Waals surface area contributed by atoms with Gasteiger partial charge in [0.05, 0.1) is 29.2 Å². The molecular weight excluding hydrogens is 381 g/mol. The van der Waals surface area contributed by atoms with E-state index in [1.54, 1.807) is 29.3 Å². The maximum Gasteiger partial charge on any atom is 0.257 e. The number of aromatic amines is 1. The molecule has 30 heavy (non-hydrogen) atoms. The topological polar surface area (TPSA) is 66.8 Å². The number of H-pyrrole nitrogens is 1. The number of carbonyl (C=O) groups excluding carboxylic acids is 1. The van der Waals surface area contributed by atoms with Gasteiger partial charge >= 0.3 is 0 Å². The molecule has 0 saturated carbocycles. The highest BCUT2D eigenvalue weighted by Crippen LogP contribution is 2.29. The van der Waals surface area contributed by atoms with Crippen LogP contribution in [-0.2, 0) is 6.54 Å². The predicted octanol–water partition coefficient (Wildman–Crippen LogP) is 4.12. The molecule has 1 fully saturated rings. The summed E-state index contributed by atoms with van der Waals surface area (Å²) >= 11 is 0. The highest BCUT2D eigenvalue weighted by Gasteiger charge is 2.34. The van der Waals surface area contributed by atoms with E-state index in [1.807, 2.05) is 19.3 Å². The van der Waals surface area contributed by atoms with Crippen LogP contribution in [0.15, 0.2) is 61.2 Å². The summed E-state index contributed by atoms with van der Waals surface area (Å²) < 4.78 is 16.3. The standard InChI is InChI=1S/C23H22FN5O/c1-15-8-16(14-29(15)23(30)19-4-2-3-5-20(19)24)13-28-7-6-17-9-21(25-12-22(17)28)18-10-26-27-11-18/h2-7,9-12,15-16H,8,13-14H2,1H3,(H,26,27)/t15-,16?/m1/s1. The summed E-state index contributed by atoms with van der Waals surface area (Å²) in [5.41, 5.74) is 3.04. The second-order valence-electron chi connectivity index (χ2n) is 7.97. The molecule has 0 radical (unpaired) electrons. The Morgan fingerprint density at radius 3 is 2.93 bits per heavy atom. The first kappa shape index (κ1) is 18.5. The minimum absolute atomic E-state index is 0.0785. The molecule has 1 amide bonds. The molecular formula is C23H22FN5O. The smallest absolute Gasteiger partial charge is 0.257 e. The lowest BCUT2D eigenvalue weighted by Gasteiger charge is -2.22. The SMILES string of the molecule is C[C@@H]1CC(Cn2ccc3cc(-c4cn[nH]c4)ncc32)CN1C(=O)c1ccccc1F. The third-order valence-electron chi connectivity index (χ3n) is 5.93. The number of hydrogen-bond donors (Lipinski definition) is 1. The fourth-order valence-electron chi connectivity index (χ4n) is 4.42. The van der Waals surface area contributed by atoms with Gasteiger partial charge in [-0.1, -0.05) is 12.1 Å². The molecule has 7 heteroatoms. The number of halogens is 1. The number of nitrogens with zero attached hydrogens (tertiary/aromatic N) is 4. The van der Waals surface area contributed by atoms with Crippen molar-refractivity contribution in [2.24, 2.45) is 5.92 Å². The quantitative estimate of drug-likeness (QED) is 0.557. The van der Waals surface area contributed by atoms with Crippen LogP contribution in [0.25, 0.3) is 22.2 Å². The number of rotatable bonds is 4. The number of amides is 1. The van der Waals surface area contributed by atoms with Crippen LogP contribution >= 0.6 is 0 Å². The van der Waals surface area contributed by atoms with Gasteiger partial charge in [0.1, 0.15) is 5.82 Å². The highest BCUT2D eigenvalue weighted by atomic mass is 19.1. The van der Waals surface area contributed by atoms with Crippen LogP contribution < -0.4 is 0 Å². The third kappa shape index (κ3) is 3.26. The molecule has 0 aliphatic carbocycles. The van der Waals surface area contributed by atoms with Crippen LogP contribution in [0.4, 0.5) is 4.39 Å². The minimum Gasteiger partial charge on any atom is -0.346 e. The Bertz CT molecular complexity index is 1200. The van der Waals surface area contributed by atoms with Gasteiger partial charge in [-0.15, -0.1) is 0 Å². The largest absolute Gasteiger partial charge is 0.346 e. The lowest BCUT2D eigenvalue weighted by Crippen LogP contribution is -2.34. The Morgan fingerprint density at radius 1 is 1.27 bits per heavy atom. The zero-order chi connectivity index (χ0) is 20.7. The van der Waals surface area contributed by atoms with Crippen LogP contribution in [0, 0.1) is 11.7 Å². The van der Waals surface area contributed by atoms with E-state index in [-0.39, 0.29) is 17.5 Å². The Kier molecular flexibility index (Phi) is 4.58. The van der Waals surface area contributed by atoms with E-state index in [1.165, 1.54) is 6.07 Å². The van der Waals surface area contributed by atoms with Crippen molar-refractivity contribution < 1.29 is 9.18 Å². The summed E-state index contributed by atoms with van der Waals surface area (Å²) in [5.74, 6) is -0.388. The van der Waals surface area contributed by atoms with Gasteiger partial charge in [0.25, 0.3) is 5.91 Å². The average molecular weight is 403 g/mol. The van der Waals surface area contributed by atoms with Gasteiger partial charge in [0.2, 0.25) is 0 Å². The van der Waals surface area contributed by atoms with Crippen LogP contribution in [0.2, 0.25) is 0 Å². The molecule has 2 atom stereocenters. The molecule has 3 aromatic heterocycles. The van der Waals surface area contributed by atoms with Crippen molar-refractivity contribution in [3.8, 4) is 11.3 Å². The first-order valence-electron chi connectivity index (χ1n) is 10.1. The van der Waals surface area contributed by atoms with E-state index < -0.39 is 5.82 Å². The van der Waals surface area contributed by atoms with Gasteiger partial charge in [-0.3, -0.25) is 14.9 Å². The second kappa shape index (κ2) is 7.40. The monoisotopic (exact) mass is 403 g/mol. The Hall–Kier alpha value is -3.48. The number of likely N-dealkylation sites (tertiary alicyclic amines) is 1. The number of pyridine rings is 1. The van der Waals surface area contributed by atoms with Gasteiger partial charge in [0, 0.05) is 42.5 Å². The number of carbonyl (C=O) groups is 1. The normalized spacial score (nSPS) is 18.9. The molecule has 1 N–H and O–H groups in total. The number of fused-ring (bicyclic) bond motifs is 1. The minimum atomic E-state index is -0.464. The number of hydrogen-bond acceptors (Lipinski definition) is 3. The van der Waals surface area contributed by atoms with Crippen molar-refractivity contribution in [2.45, 2.75) is 25.9 Å². The Labute approximate surface area is 173 Å². The van der Waals surface area contributed by atoms with E-state index >= 15 is 0 Å². The number of aromatic nitrogens is 4. The van der Waals surface area contributed by atoms with Crippen LogP contribution in [-0.4, -0.2) is 43.1 Å². The lowest BCUT2D eigenvalue weighted by atomic mass is 10.1. The first-order valence-corrected chi connectivity index (χ1v) is 10.1. The van der Waals surface area contributed by atoms with Crippen molar-refractivity contribution in [1.29, 1.82) is 0 Å². The van der Waals surface area contributed by atoms with Crippen LogP contribution in [0.3, 0.4) is 0 Å². The number of nitrogens with one attached hydrogen (secondary N) is 1. The lowest BCUT2D eigenvalue weighted by molar-refractivity contribution is 0.0737. The van der Waals surface area contributed by atoms with Crippen molar-refractivity contribution in [3.05, 3.63) is 72.6 Å². The van der Waals surface area contributed by atoms with Crippen molar-refractivity contribution in [3.63, 3.8) is 0 Å². The van der Waals surface area contributed by atoms with E-state index in [0.29, 0.717) is 12.5 Å². The second-order valence-corrected chi connectivity index (χ2v) is 7.97. The van der Waals surface area contributed by atoms with Crippen molar-refractivity contribution in [1.82, 2.24) is 24.6 Å². The maximum atomic E-state index is 14.1. The van der Waals surface area contributed by atoms with E-state index in [2.05, 4.69) is 38.1 Å². The molecule has 1 unspecified atom stereocenters. The Balaban J connectivity index is 1.33. The molecule has 152 valence electrons. The summed E-state index contributed by atoms with van der Waals surface area (Å²) in [6.07, 6.45) is 8.43. The summed E-state index contributed by atoms with van der Waals surface area (Å²) in [6.45, 7) is 3.45. The van der Waals surface area contributed by atoms with Crippen molar-refractivity contribution >= 4 is 16.8 Å². The van der Waals surface area contributed by atoms with Gasteiger partial charge in [-0.2, -0.15) is 5.10 Å². The van der Waals surface area contributed by atoms with Gasteiger partial charge < -0.3 is 9.47 Å². The zero-order valence-corrected chi connectivity index (χ0v) is 16.6. The van der Waals surface area contributed by atoms with Gasteiger partial charge in [-0.05, 0) is 43.5 Å². The van der Waals surface area contributed by atoms with Crippen LogP contribution in [0.5, 0.6) is 0 Å². The van der Waals surface area contributed by atoms with E-state index in [4.69, 9.17) is 0 Å². The molecule has 6 nitrogen and oxygen atoms in total. The molecule has 1 aromatic carbocycles. The van der Waals surface area contributed by atoms with Gasteiger partial charge in [-0.25, -0.2) is 4.39 Å². The summed E-state index contributed by atoms with van der Waals surface area (Å²) in [5, 5.41) is 7.91. The third-order valence-corrected chi connectivity index (χ3v) is 5.93. The fourth-order valence-corrected chi connectivity index (χ4v) is 4.42. The highest BCUT2D eigenvalue weighted by molar-refractivity contribution is 5.94. The average Bonchev–Trinajstić information content (AvgIpc) is 3.48. The van der Waals surface area contributed by atoms with Gasteiger partial charge in [0.15, 0.2) is 0 Å². The molecule has 0 spiro atoms. The molecule has 1 aliphatic rings. The van der Waals surface area contributed by atoms with E-state index in [0.717, 1.165) is 35.1 Å². The Morgan fingerprint density at radius 2 is 2.13 bits per heavy atom. The summed E-state index contributed by atoms with van der Waals surface area (Å²) in [4.78, 5) is 19.2. The molecule has 4 aromatic rings. The first-order chi connectivity index (χ1) is 14.6. The maximum absolute atomic E-state index is 14.1. The summed E-state index contributed by atoms with van der Waals surface area (Å²) in [7, 11) is 0. The molecule has 5 rings (SSSR count). The van der Waals surface area contributed by atoms with Crippen LogP contribution in [0.1, 0.15) is 23.7 Å². The fraction of sp³-hybridized carbons (Fsp3) is 0.261. The van der Waals surface area contributed by atoms with E-state index in [9.17, 15) is 9.18 Å². The van der Waals surface area contributed by atoms with Crippen molar-refractivity contribution in [2.75, 3.05) is 6.54 Å². The molecule has 1 aliphatic heterocycles. The molecule has 4 heterocycles. The predicted molar refractivity (Wildman–Crippen MR) is 112 cm³/mol. The summed E-state index contributed by atoms with van der Waals surface area (Å²) in [6, 6.07) is 10.4. The zero-order valence-electron chi connectivity index (χ0n) is 16.6.